The van der Waals surface area contributed by atoms with Crippen LogP contribution in [0.5, 0.6) is 0 Å². The highest BCUT2D eigenvalue weighted by atomic mass is 79.9. The van der Waals surface area contributed by atoms with Crippen LogP contribution in [0, 0.1) is 0 Å². The number of halogens is 1. The van der Waals surface area contributed by atoms with Gasteiger partial charge in [-0.3, -0.25) is 9.80 Å². The van der Waals surface area contributed by atoms with Crippen molar-refractivity contribution in [2.75, 3.05) is 0 Å². The molecule has 4 heteroatoms. The minimum absolute atomic E-state index is 0.185. The summed E-state index contributed by atoms with van der Waals surface area (Å²) in [5, 5.41) is 1.24. The molecule has 0 atom stereocenters. The average molecular weight is 271 g/mol. The molecule has 0 spiro atoms. The zero-order valence-electron chi connectivity index (χ0n) is 9.12. The highest BCUT2D eigenvalue weighted by Gasteiger charge is 2.25. The van der Waals surface area contributed by atoms with E-state index in [9.17, 15) is 4.79 Å². The van der Waals surface area contributed by atoms with Gasteiger partial charge in [-0.2, -0.15) is 0 Å². The molecule has 0 saturated carbocycles. The van der Waals surface area contributed by atoms with E-state index in [1.807, 2.05) is 39.0 Å². The Labute approximate surface area is 98.4 Å². The number of hydrogen-bond acceptors (Lipinski definition) is 2. The Hall–Kier alpha value is -0.870. The summed E-state index contributed by atoms with van der Waals surface area (Å²) in [5.41, 5.74) is 0.196. The highest BCUT2D eigenvalue weighted by molar-refractivity contribution is 9.10. The molecule has 0 unspecified atom stereocenters. The van der Waals surface area contributed by atoms with Crippen LogP contribution in [0.15, 0.2) is 28.7 Å². The van der Waals surface area contributed by atoms with Crippen LogP contribution in [0.2, 0.25) is 0 Å². The number of benzene rings is 1. The van der Waals surface area contributed by atoms with Crippen molar-refractivity contribution in [3.63, 3.8) is 0 Å². The van der Waals surface area contributed by atoms with Crippen molar-refractivity contribution in [3.8, 4) is 0 Å². The van der Waals surface area contributed by atoms with E-state index < -0.39 is 0 Å². The molecule has 3 nitrogen and oxygen atoms in total. The summed E-state index contributed by atoms with van der Waals surface area (Å²) >= 11 is 3.33. The smallest absolute Gasteiger partial charge is 0.269 e. The number of carbonyl (C=O) groups is 1. The molecule has 0 aromatic heterocycles. The van der Waals surface area contributed by atoms with Gasteiger partial charge in [-0.25, -0.2) is 5.84 Å². The topological polar surface area (TPSA) is 46.3 Å². The predicted molar refractivity (Wildman–Crippen MR) is 64.3 cm³/mol. The lowest BCUT2D eigenvalue weighted by molar-refractivity contribution is 0.0581. The van der Waals surface area contributed by atoms with Crippen LogP contribution in [0.1, 0.15) is 31.1 Å². The van der Waals surface area contributed by atoms with Gasteiger partial charge >= 0.3 is 0 Å². The van der Waals surface area contributed by atoms with Gasteiger partial charge in [0.05, 0.1) is 11.1 Å². The molecular weight excluding hydrogens is 256 g/mol. The lowest BCUT2D eigenvalue weighted by Gasteiger charge is -2.31. The van der Waals surface area contributed by atoms with Crippen LogP contribution < -0.4 is 5.84 Å². The van der Waals surface area contributed by atoms with Gasteiger partial charge in [0, 0.05) is 4.47 Å². The van der Waals surface area contributed by atoms with Crippen LogP contribution in [-0.2, 0) is 0 Å². The molecule has 1 aromatic rings. The molecule has 0 aliphatic carbocycles. The molecule has 0 aliphatic heterocycles. The van der Waals surface area contributed by atoms with Crippen molar-refractivity contribution in [1.29, 1.82) is 0 Å². The predicted octanol–water partition coefficient (Wildman–Crippen LogP) is 2.56. The second kappa shape index (κ2) is 4.33. The number of rotatable bonds is 1. The quantitative estimate of drug-likeness (QED) is 0.484. The Bertz CT molecular complexity index is 371. The van der Waals surface area contributed by atoms with E-state index in [2.05, 4.69) is 15.9 Å². The van der Waals surface area contributed by atoms with Gasteiger partial charge in [-0.05, 0) is 48.8 Å². The van der Waals surface area contributed by atoms with Gasteiger partial charge in [0.15, 0.2) is 0 Å². The first-order valence-electron chi connectivity index (χ1n) is 4.68. The molecule has 0 radical (unpaired) electrons. The summed E-state index contributed by atoms with van der Waals surface area (Å²) in [6.45, 7) is 5.67. The maximum absolute atomic E-state index is 12.0. The van der Waals surface area contributed by atoms with Crippen molar-refractivity contribution in [2.24, 2.45) is 5.84 Å². The molecule has 2 N–H and O–H groups in total. The fraction of sp³-hybridized carbons (Fsp3) is 0.364. The first kappa shape index (κ1) is 12.2. The Balaban J connectivity index is 3.01. The number of hydrogen-bond donors (Lipinski definition) is 1. The summed E-state index contributed by atoms with van der Waals surface area (Å²) in [6, 6.07) is 7.25. The van der Waals surface area contributed by atoms with Crippen LogP contribution >= 0.6 is 15.9 Å². The van der Waals surface area contributed by atoms with E-state index in [1.54, 1.807) is 6.07 Å². The molecule has 15 heavy (non-hydrogen) atoms. The van der Waals surface area contributed by atoms with Crippen molar-refractivity contribution < 1.29 is 4.79 Å². The summed E-state index contributed by atoms with van der Waals surface area (Å²) in [4.78, 5) is 12.0. The molecule has 82 valence electrons. The van der Waals surface area contributed by atoms with E-state index in [0.29, 0.717) is 5.56 Å². The van der Waals surface area contributed by atoms with Crippen LogP contribution in [0.25, 0.3) is 0 Å². The Morgan fingerprint density at radius 3 is 2.33 bits per heavy atom. The number of hydrazine groups is 1. The van der Waals surface area contributed by atoms with Gasteiger partial charge in [-0.15, -0.1) is 0 Å². The van der Waals surface area contributed by atoms with Gasteiger partial charge in [0.1, 0.15) is 0 Å². The lowest BCUT2D eigenvalue weighted by Crippen LogP contribution is -2.50. The van der Waals surface area contributed by atoms with Crippen LogP contribution in [0.4, 0.5) is 0 Å². The molecule has 1 amide bonds. The number of amides is 1. The van der Waals surface area contributed by atoms with E-state index >= 15 is 0 Å². The minimum Gasteiger partial charge on any atom is -0.271 e. The number of carbonyl (C=O) groups excluding carboxylic acids is 1. The van der Waals surface area contributed by atoms with E-state index in [0.717, 1.165) is 4.47 Å². The van der Waals surface area contributed by atoms with Gasteiger partial charge in [0.25, 0.3) is 5.91 Å². The molecule has 0 bridgehead atoms. The van der Waals surface area contributed by atoms with Gasteiger partial charge in [0.2, 0.25) is 0 Å². The fourth-order valence-corrected chi connectivity index (χ4v) is 1.52. The Morgan fingerprint density at radius 2 is 1.87 bits per heavy atom. The normalized spacial score (nSPS) is 11.3. The maximum atomic E-state index is 12.0. The SMILES string of the molecule is CC(C)(C)N(N)C(=O)c1ccccc1Br. The number of nitrogens with two attached hydrogens (primary N) is 1. The monoisotopic (exact) mass is 270 g/mol. The first-order chi connectivity index (χ1) is 6.84. The Kier molecular flexibility index (Phi) is 3.52. The molecule has 0 aliphatic rings. The second-order valence-electron chi connectivity index (χ2n) is 4.33. The van der Waals surface area contributed by atoms with E-state index in [-0.39, 0.29) is 11.4 Å². The summed E-state index contributed by atoms with van der Waals surface area (Å²) in [6.07, 6.45) is 0. The van der Waals surface area contributed by atoms with Crippen molar-refractivity contribution >= 4 is 21.8 Å². The van der Waals surface area contributed by atoms with Gasteiger partial charge in [-0.1, -0.05) is 12.1 Å². The maximum Gasteiger partial charge on any atom is 0.269 e. The zero-order chi connectivity index (χ0) is 11.6. The third kappa shape index (κ3) is 2.79. The molecule has 0 fully saturated rings. The largest absolute Gasteiger partial charge is 0.271 e. The standard InChI is InChI=1S/C11H15BrN2O/c1-11(2,3)14(13)10(15)8-6-4-5-7-9(8)12/h4-7H,13H2,1-3H3. The van der Waals surface area contributed by atoms with E-state index in [4.69, 9.17) is 5.84 Å². The first-order valence-corrected chi connectivity index (χ1v) is 5.47. The molecule has 0 saturated heterocycles. The van der Waals surface area contributed by atoms with Gasteiger partial charge < -0.3 is 0 Å². The average Bonchev–Trinajstić information content (AvgIpc) is 2.15. The zero-order valence-corrected chi connectivity index (χ0v) is 10.7. The summed E-state index contributed by atoms with van der Waals surface area (Å²) in [5.74, 6) is 5.57. The Morgan fingerprint density at radius 1 is 1.33 bits per heavy atom. The number of nitrogens with zero attached hydrogens (tertiary/aromatic N) is 1. The van der Waals surface area contributed by atoms with Crippen LogP contribution in [0.3, 0.4) is 0 Å². The molecule has 1 rings (SSSR count). The second-order valence-corrected chi connectivity index (χ2v) is 5.18. The third-order valence-corrected chi connectivity index (χ3v) is 2.74. The van der Waals surface area contributed by atoms with Crippen LogP contribution in [-0.4, -0.2) is 16.5 Å². The van der Waals surface area contributed by atoms with E-state index in [1.165, 1.54) is 5.01 Å². The van der Waals surface area contributed by atoms with Crippen molar-refractivity contribution in [2.45, 2.75) is 26.3 Å². The molecular formula is C11H15BrN2O. The molecule has 1 aromatic carbocycles. The molecule has 0 heterocycles. The summed E-state index contributed by atoms with van der Waals surface area (Å²) in [7, 11) is 0. The van der Waals surface area contributed by atoms with Crippen molar-refractivity contribution in [3.05, 3.63) is 34.3 Å². The highest BCUT2D eigenvalue weighted by Crippen LogP contribution is 2.20. The lowest BCUT2D eigenvalue weighted by atomic mass is 10.1. The fourth-order valence-electron chi connectivity index (χ4n) is 1.07. The third-order valence-electron chi connectivity index (χ3n) is 2.05. The minimum atomic E-state index is -0.383. The summed E-state index contributed by atoms with van der Waals surface area (Å²) < 4.78 is 0.759. The van der Waals surface area contributed by atoms with Crippen molar-refractivity contribution in [1.82, 2.24) is 5.01 Å².